The highest BCUT2D eigenvalue weighted by Crippen LogP contribution is 2.17. The second-order valence-electron chi connectivity index (χ2n) is 4.86. The van der Waals surface area contributed by atoms with Crippen LogP contribution in [0.3, 0.4) is 0 Å². The van der Waals surface area contributed by atoms with Gasteiger partial charge in [0, 0.05) is 17.8 Å². The second-order valence-corrected chi connectivity index (χ2v) is 5.80. The minimum Gasteiger partial charge on any atom is -0.359 e. The van der Waals surface area contributed by atoms with Gasteiger partial charge in [-0.3, -0.25) is 4.79 Å². The van der Waals surface area contributed by atoms with Gasteiger partial charge in [-0.2, -0.15) is 0 Å². The molecule has 3 nitrogen and oxygen atoms in total. The van der Waals surface area contributed by atoms with Gasteiger partial charge < -0.3 is 10.3 Å². The Kier molecular flexibility index (Phi) is 3.56. The summed E-state index contributed by atoms with van der Waals surface area (Å²) in [5.74, 6) is 0.0126. The van der Waals surface area contributed by atoms with E-state index in [1.54, 1.807) is 0 Å². The number of aromatic nitrogens is 1. The number of hydrogen-bond acceptors (Lipinski definition) is 2. The van der Waals surface area contributed by atoms with Crippen LogP contribution >= 0.6 is 11.3 Å². The zero-order valence-corrected chi connectivity index (χ0v) is 12.1. The number of aromatic amines is 1. The minimum atomic E-state index is 0.0126. The number of thiophene rings is 1. The predicted octanol–water partition coefficient (Wildman–Crippen LogP) is 3.51. The van der Waals surface area contributed by atoms with E-state index in [-0.39, 0.29) is 5.91 Å². The van der Waals surface area contributed by atoms with Crippen molar-refractivity contribution < 1.29 is 4.79 Å². The molecule has 1 aromatic carbocycles. The lowest BCUT2D eigenvalue weighted by Gasteiger charge is -2.04. The second kappa shape index (κ2) is 5.51. The molecule has 1 amide bonds. The Labute approximate surface area is 121 Å². The Balaban J connectivity index is 1.61. The number of aryl methyl sites for hydroxylation is 1. The first-order chi connectivity index (χ1) is 9.72. The van der Waals surface area contributed by atoms with Crippen LogP contribution in [0.25, 0.3) is 10.9 Å². The summed E-state index contributed by atoms with van der Waals surface area (Å²) < 4.78 is 0. The van der Waals surface area contributed by atoms with Crippen LogP contribution in [0.1, 0.15) is 20.9 Å². The summed E-state index contributed by atoms with van der Waals surface area (Å²) in [7, 11) is 0. The van der Waals surface area contributed by atoms with Gasteiger partial charge in [0.15, 0.2) is 0 Å². The number of carbonyl (C=O) groups is 1. The van der Waals surface area contributed by atoms with Gasteiger partial charge in [-0.05, 0) is 53.9 Å². The number of fused-ring (bicyclic) bond motifs is 1. The predicted molar refractivity (Wildman–Crippen MR) is 83.4 cm³/mol. The highest BCUT2D eigenvalue weighted by molar-refractivity contribution is 7.12. The molecule has 0 aliphatic carbocycles. The molecule has 3 rings (SSSR count). The van der Waals surface area contributed by atoms with Gasteiger partial charge in [-0.1, -0.05) is 12.1 Å². The van der Waals surface area contributed by atoms with Crippen LogP contribution < -0.4 is 5.32 Å². The van der Waals surface area contributed by atoms with Crippen LogP contribution in [0.5, 0.6) is 0 Å². The summed E-state index contributed by atoms with van der Waals surface area (Å²) in [4.78, 5) is 15.9. The molecule has 4 heteroatoms. The molecule has 0 saturated carbocycles. The number of benzene rings is 1. The van der Waals surface area contributed by atoms with Crippen LogP contribution in [-0.2, 0) is 6.42 Å². The van der Waals surface area contributed by atoms with Crippen molar-refractivity contribution in [3.05, 3.63) is 57.9 Å². The fraction of sp³-hybridized carbons (Fsp3) is 0.188. The molecule has 0 fully saturated rings. The number of amides is 1. The Hall–Kier alpha value is -2.07. The maximum atomic E-state index is 11.8. The lowest BCUT2D eigenvalue weighted by Crippen LogP contribution is -2.24. The quantitative estimate of drug-likeness (QED) is 0.756. The maximum absolute atomic E-state index is 11.8. The summed E-state index contributed by atoms with van der Waals surface area (Å²) in [5.41, 5.74) is 3.57. The molecule has 0 spiro atoms. The smallest absolute Gasteiger partial charge is 0.261 e. The third kappa shape index (κ3) is 2.75. The van der Waals surface area contributed by atoms with Crippen LogP contribution in [0.4, 0.5) is 0 Å². The average Bonchev–Trinajstić information content (AvgIpc) is 3.05. The van der Waals surface area contributed by atoms with E-state index in [2.05, 4.69) is 41.5 Å². The molecule has 2 N–H and O–H groups in total. The highest BCUT2D eigenvalue weighted by Gasteiger charge is 2.05. The van der Waals surface area contributed by atoms with Crippen molar-refractivity contribution in [2.45, 2.75) is 13.3 Å². The topological polar surface area (TPSA) is 44.9 Å². The Morgan fingerprint density at radius 2 is 2.20 bits per heavy atom. The fourth-order valence-electron chi connectivity index (χ4n) is 2.30. The minimum absolute atomic E-state index is 0.0126. The van der Waals surface area contributed by atoms with Gasteiger partial charge in [0.05, 0.1) is 4.88 Å². The molecule has 2 aromatic heterocycles. The first kappa shape index (κ1) is 12.9. The molecule has 3 aromatic rings. The standard InChI is InChI=1S/C16H16N2OS/c1-11-9-13-10-12(4-5-14(13)18-11)6-7-17-16(19)15-3-2-8-20-15/h2-5,8-10,18H,6-7H2,1H3,(H,17,19). The molecule has 0 aliphatic rings. The van der Waals surface area contributed by atoms with Gasteiger partial charge in [-0.15, -0.1) is 11.3 Å². The van der Waals surface area contributed by atoms with E-state index in [4.69, 9.17) is 0 Å². The van der Waals surface area contributed by atoms with Crippen molar-refractivity contribution in [1.29, 1.82) is 0 Å². The van der Waals surface area contributed by atoms with Crippen molar-refractivity contribution in [3.63, 3.8) is 0 Å². The van der Waals surface area contributed by atoms with Gasteiger partial charge in [0.25, 0.3) is 5.91 Å². The van der Waals surface area contributed by atoms with Crippen molar-refractivity contribution in [3.8, 4) is 0 Å². The number of rotatable bonds is 4. The van der Waals surface area contributed by atoms with Crippen LogP contribution in [0.2, 0.25) is 0 Å². The molecule has 0 unspecified atom stereocenters. The van der Waals surface area contributed by atoms with E-state index < -0.39 is 0 Å². The summed E-state index contributed by atoms with van der Waals surface area (Å²) in [6, 6.07) is 12.3. The molecule has 0 saturated heterocycles. The first-order valence-corrected chi connectivity index (χ1v) is 7.50. The molecule has 20 heavy (non-hydrogen) atoms. The number of carbonyl (C=O) groups excluding carboxylic acids is 1. The maximum Gasteiger partial charge on any atom is 0.261 e. The number of H-pyrrole nitrogens is 1. The molecular formula is C16H16N2OS. The van der Waals surface area contributed by atoms with E-state index >= 15 is 0 Å². The normalized spacial score (nSPS) is 10.8. The molecule has 2 heterocycles. The zero-order chi connectivity index (χ0) is 13.9. The molecule has 0 atom stereocenters. The summed E-state index contributed by atoms with van der Waals surface area (Å²) in [6.07, 6.45) is 0.845. The van der Waals surface area contributed by atoms with Crippen molar-refractivity contribution >= 4 is 28.1 Å². The van der Waals surface area contributed by atoms with Crippen LogP contribution in [-0.4, -0.2) is 17.4 Å². The summed E-state index contributed by atoms with van der Waals surface area (Å²) >= 11 is 1.47. The van der Waals surface area contributed by atoms with Crippen LogP contribution in [0, 0.1) is 6.92 Å². The Bertz CT molecular complexity index is 728. The molecule has 102 valence electrons. The largest absolute Gasteiger partial charge is 0.359 e. The van der Waals surface area contributed by atoms with Gasteiger partial charge in [-0.25, -0.2) is 0 Å². The summed E-state index contributed by atoms with van der Waals surface area (Å²) in [6.45, 7) is 2.71. The van der Waals surface area contributed by atoms with E-state index in [1.807, 2.05) is 17.5 Å². The Morgan fingerprint density at radius 1 is 1.30 bits per heavy atom. The monoisotopic (exact) mass is 284 g/mol. The van der Waals surface area contributed by atoms with Crippen molar-refractivity contribution in [2.75, 3.05) is 6.54 Å². The fourth-order valence-corrected chi connectivity index (χ4v) is 2.94. The molecule has 0 bridgehead atoms. The van der Waals surface area contributed by atoms with Crippen LogP contribution in [0.15, 0.2) is 41.8 Å². The van der Waals surface area contributed by atoms with E-state index in [0.29, 0.717) is 6.54 Å². The number of nitrogens with one attached hydrogen (secondary N) is 2. The third-order valence-corrected chi connectivity index (χ3v) is 4.13. The third-order valence-electron chi connectivity index (χ3n) is 3.26. The van der Waals surface area contributed by atoms with Crippen molar-refractivity contribution in [2.24, 2.45) is 0 Å². The lowest BCUT2D eigenvalue weighted by molar-refractivity contribution is 0.0958. The van der Waals surface area contributed by atoms with E-state index in [9.17, 15) is 4.79 Å². The van der Waals surface area contributed by atoms with Crippen molar-refractivity contribution in [1.82, 2.24) is 10.3 Å². The van der Waals surface area contributed by atoms with Gasteiger partial charge >= 0.3 is 0 Å². The lowest BCUT2D eigenvalue weighted by atomic mass is 10.1. The first-order valence-electron chi connectivity index (χ1n) is 6.62. The van der Waals surface area contributed by atoms with E-state index in [1.165, 1.54) is 28.0 Å². The van der Waals surface area contributed by atoms with E-state index in [0.717, 1.165) is 16.8 Å². The number of hydrogen-bond donors (Lipinski definition) is 2. The average molecular weight is 284 g/mol. The van der Waals surface area contributed by atoms with Gasteiger partial charge in [0.2, 0.25) is 0 Å². The highest BCUT2D eigenvalue weighted by atomic mass is 32.1. The Morgan fingerprint density at radius 3 is 3.00 bits per heavy atom. The van der Waals surface area contributed by atoms with Gasteiger partial charge in [0.1, 0.15) is 0 Å². The molecule has 0 aliphatic heterocycles. The summed E-state index contributed by atoms with van der Waals surface area (Å²) in [5, 5.41) is 6.09. The molecule has 0 radical (unpaired) electrons. The molecular weight excluding hydrogens is 268 g/mol. The SMILES string of the molecule is Cc1cc2cc(CCNC(=O)c3cccs3)ccc2[nH]1. The zero-order valence-electron chi connectivity index (χ0n) is 11.3.